The molecule has 0 spiro atoms. The van der Waals surface area contributed by atoms with Crippen molar-refractivity contribution in [3.05, 3.63) is 90.0 Å². The lowest BCUT2D eigenvalue weighted by atomic mass is 10.0. The molecular weight excluding hydrogens is 374 g/mol. The molecule has 0 saturated heterocycles. The van der Waals surface area contributed by atoms with E-state index in [9.17, 15) is 18.4 Å². The predicted molar refractivity (Wildman–Crippen MR) is 108 cm³/mol. The summed E-state index contributed by atoms with van der Waals surface area (Å²) in [4.78, 5) is 24.2. The molecule has 0 saturated carbocycles. The molecule has 1 unspecified atom stereocenters. The summed E-state index contributed by atoms with van der Waals surface area (Å²) in [6, 6.07) is 19.0. The number of hydrogen-bond donors (Lipinski definition) is 2. The molecule has 2 N–H and O–H groups in total. The molecule has 0 aromatic heterocycles. The number of halogens is 2. The molecule has 0 fully saturated rings. The molecule has 4 nitrogen and oxygen atoms in total. The van der Waals surface area contributed by atoms with E-state index in [1.165, 1.54) is 13.0 Å². The minimum absolute atomic E-state index is 0.0998. The van der Waals surface area contributed by atoms with Crippen molar-refractivity contribution in [3.63, 3.8) is 0 Å². The van der Waals surface area contributed by atoms with Crippen LogP contribution in [0.5, 0.6) is 0 Å². The number of benzene rings is 3. The number of amides is 2. The molecule has 148 valence electrons. The van der Waals surface area contributed by atoms with Gasteiger partial charge >= 0.3 is 0 Å². The van der Waals surface area contributed by atoms with Crippen molar-refractivity contribution in [2.24, 2.45) is 0 Å². The summed E-state index contributed by atoms with van der Waals surface area (Å²) in [6.07, 6.45) is -0.103. The fourth-order valence-corrected chi connectivity index (χ4v) is 3.10. The van der Waals surface area contributed by atoms with Crippen molar-refractivity contribution in [2.75, 3.05) is 5.32 Å². The van der Waals surface area contributed by atoms with Crippen molar-refractivity contribution < 1.29 is 18.4 Å². The third-order valence-corrected chi connectivity index (χ3v) is 4.37. The Morgan fingerprint density at radius 2 is 1.55 bits per heavy atom. The van der Waals surface area contributed by atoms with Crippen molar-refractivity contribution in [3.8, 4) is 11.1 Å². The molecule has 6 heteroatoms. The molecule has 0 radical (unpaired) electrons. The topological polar surface area (TPSA) is 58.2 Å². The molecule has 29 heavy (non-hydrogen) atoms. The van der Waals surface area contributed by atoms with Crippen molar-refractivity contribution in [2.45, 2.75) is 19.4 Å². The lowest BCUT2D eigenvalue weighted by Crippen LogP contribution is -2.30. The van der Waals surface area contributed by atoms with Gasteiger partial charge in [-0.2, -0.15) is 0 Å². The third-order valence-electron chi connectivity index (χ3n) is 4.37. The van der Waals surface area contributed by atoms with Crippen LogP contribution in [0.2, 0.25) is 0 Å². The second-order valence-electron chi connectivity index (χ2n) is 6.59. The van der Waals surface area contributed by atoms with Crippen LogP contribution in [-0.4, -0.2) is 11.8 Å². The van der Waals surface area contributed by atoms with Crippen molar-refractivity contribution in [1.29, 1.82) is 0 Å². The highest BCUT2D eigenvalue weighted by atomic mass is 19.1. The molecule has 1 atom stereocenters. The van der Waals surface area contributed by atoms with Crippen LogP contribution in [0.15, 0.2) is 72.8 Å². The zero-order chi connectivity index (χ0) is 20.8. The number of rotatable bonds is 6. The van der Waals surface area contributed by atoms with E-state index in [0.717, 1.165) is 11.6 Å². The first-order chi connectivity index (χ1) is 13.9. The maximum atomic E-state index is 14.5. The highest BCUT2D eigenvalue weighted by molar-refractivity contribution is 5.96. The van der Waals surface area contributed by atoms with E-state index in [1.807, 2.05) is 6.07 Å². The quantitative estimate of drug-likeness (QED) is 0.629. The van der Waals surface area contributed by atoms with Gasteiger partial charge in [0.1, 0.15) is 11.6 Å². The average molecular weight is 394 g/mol. The lowest BCUT2D eigenvalue weighted by molar-refractivity contribution is -0.120. The minimum atomic E-state index is -0.868. The van der Waals surface area contributed by atoms with Crippen molar-refractivity contribution in [1.82, 2.24) is 5.32 Å². The molecule has 2 amide bonds. The number of anilines is 1. The van der Waals surface area contributed by atoms with Gasteiger partial charge < -0.3 is 10.6 Å². The Kier molecular flexibility index (Phi) is 6.34. The lowest BCUT2D eigenvalue weighted by Gasteiger charge is -2.19. The largest absolute Gasteiger partial charge is 0.349 e. The summed E-state index contributed by atoms with van der Waals surface area (Å²) in [6.45, 7) is 1.36. The fraction of sp³-hybridized carbons (Fsp3) is 0.130. The van der Waals surface area contributed by atoms with Gasteiger partial charge in [-0.1, -0.05) is 60.7 Å². The number of nitrogens with one attached hydrogen (secondary N) is 2. The number of carbonyl (C=O) groups excluding carboxylic acids is 2. The van der Waals surface area contributed by atoms with Gasteiger partial charge in [-0.05, 0) is 17.2 Å². The van der Waals surface area contributed by atoms with Gasteiger partial charge in [0.2, 0.25) is 11.8 Å². The summed E-state index contributed by atoms with van der Waals surface area (Å²) >= 11 is 0. The van der Waals surface area contributed by atoms with Gasteiger partial charge in [-0.3, -0.25) is 9.59 Å². The zero-order valence-corrected chi connectivity index (χ0v) is 15.8. The summed E-state index contributed by atoms with van der Waals surface area (Å²) in [5.74, 6) is -2.40. The number of carbonyl (C=O) groups is 2. The normalized spacial score (nSPS) is 11.6. The molecule has 3 aromatic rings. The Morgan fingerprint density at radius 1 is 0.931 bits per heavy atom. The summed E-state index contributed by atoms with van der Waals surface area (Å²) in [5.41, 5.74) is 1.47. The first-order valence-electron chi connectivity index (χ1n) is 9.10. The highest BCUT2D eigenvalue weighted by Gasteiger charge is 2.20. The maximum Gasteiger partial charge on any atom is 0.226 e. The van der Waals surface area contributed by atoms with Gasteiger partial charge in [0.15, 0.2) is 0 Å². The minimum Gasteiger partial charge on any atom is -0.349 e. The Balaban J connectivity index is 1.87. The monoisotopic (exact) mass is 394 g/mol. The molecule has 3 rings (SSSR count). The summed E-state index contributed by atoms with van der Waals surface area (Å²) in [7, 11) is 0. The summed E-state index contributed by atoms with van der Waals surface area (Å²) < 4.78 is 28.3. The Hall–Kier alpha value is -3.54. The predicted octanol–water partition coefficient (Wildman–Crippen LogP) is 4.84. The molecule has 0 aliphatic carbocycles. The average Bonchev–Trinajstić information content (AvgIpc) is 2.70. The SMILES string of the molecule is CC(=O)NC(CC(=O)Nc1c(F)cc(F)cc1-c1ccccc1)c1ccccc1. The van der Waals surface area contributed by atoms with Crippen LogP contribution < -0.4 is 10.6 Å². The van der Waals surface area contributed by atoms with Crippen LogP contribution in [0, 0.1) is 11.6 Å². The fourth-order valence-electron chi connectivity index (χ4n) is 3.10. The highest BCUT2D eigenvalue weighted by Crippen LogP contribution is 2.32. The molecular formula is C23H20F2N2O2. The van der Waals surface area contributed by atoms with Gasteiger partial charge in [-0.25, -0.2) is 8.78 Å². The van der Waals surface area contributed by atoms with E-state index in [2.05, 4.69) is 10.6 Å². The summed E-state index contributed by atoms with van der Waals surface area (Å²) in [5, 5.41) is 5.28. The van der Waals surface area contributed by atoms with Crippen LogP contribution in [-0.2, 0) is 9.59 Å². The van der Waals surface area contributed by atoms with Gasteiger partial charge in [0.25, 0.3) is 0 Å². The van der Waals surface area contributed by atoms with Gasteiger partial charge in [0.05, 0.1) is 18.2 Å². The second-order valence-corrected chi connectivity index (χ2v) is 6.59. The van der Waals surface area contributed by atoms with Crippen LogP contribution >= 0.6 is 0 Å². The van der Waals surface area contributed by atoms with E-state index in [1.54, 1.807) is 54.6 Å². The van der Waals surface area contributed by atoms with E-state index in [0.29, 0.717) is 5.56 Å². The Labute approximate surface area is 167 Å². The van der Waals surface area contributed by atoms with E-state index in [-0.39, 0.29) is 23.6 Å². The Bertz CT molecular complexity index is 1010. The first-order valence-corrected chi connectivity index (χ1v) is 9.10. The molecule has 0 bridgehead atoms. The second kappa shape index (κ2) is 9.10. The van der Waals surface area contributed by atoms with Gasteiger partial charge in [-0.15, -0.1) is 0 Å². The molecule has 0 aliphatic rings. The van der Waals surface area contributed by atoms with Gasteiger partial charge in [0, 0.05) is 18.6 Å². The van der Waals surface area contributed by atoms with E-state index in [4.69, 9.17) is 0 Å². The Morgan fingerprint density at radius 3 is 2.17 bits per heavy atom. The van der Waals surface area contributed by atoms with Crippen LogP contribution in [0.1, 0.15) is 24.9 Å². The van der Waals surface area contributed by atoms with E-state index < -0.39 is 23.6 Å². The number of hydrogen-bond acceptors (Lipinski definition) is 2. The van der Waals surface area contributed by atoms with Crippen LogP contribution in [0.3, 0.4) is 0 Å². The van der Waals surface area contributed by atoms with E-state index >= 15 is 0 Å². The first kappa shape index (κ1) is 20.2. The van der Waals surface area contributed by atoms with Crippen LogP contribution in [0.25, 0.3) is 11.1 Å². The van der Waals surface area contributed by atoms with Crippen molar-refractivity contribution >= 4 is 17.5 Å². The zero-order valence-electron chi connectivity index (χ0n) is 15.8. The standard InChI is InChI=1S/C23H20F2N2O2/c1-15(28)26-21(17-10-6-3-7-11-17)14-22(29)27-23-19(12-18(24)13-20(23)25)16-8-4-2-5-9-16/h2-13,21H,14H2,1H3,(H,26,28)(H,27,29). The third kappa shape index (κ3) is 5.25. The van der Waals surface area contributed by atoms with Crippen LogP contribution in [0.4, 0.5) is 14.5 Å². The smallest absolute Gasteiger partial charge is 0.226 e. The molecule has 0 heterocycles. The molecule has 0 aliphatic heterocycles. The maximum absolute atomic E-state index is 14.5. The molecule has 3 aromatic carbocycles.